The molecule has 3 rings (SSSR count). The van der Waals surface area contributed by atoms with Crippen LogP contribution in [0.25, 0.3) is 5.70 Å². The highest BCUT2D eigenvalue weighted by atomic mass is 15.2. The lowest BCUT2D eigenvalue weighted by molar-refractivity contribution is 0.360. The van der Waals surface area contributed by atoms with Crippen LogP contribution in [0.15, 0.2) is 24.8 Å². The molecule has 2 fully saturated rings. The number of hydrogen-bond donors (Lipinski definition) is 0. The third kappa shape index (κ3) is 3.38. The fourth-order valence-corrected chi connectivity index (χ4v) is 3.18. The lowest BCUT2D eigenvalue weighted by atomic mass is 10.2. The molecule has 0 unspecified atom stereocenters. The fourth-order valence-electron chi connectivity index (χ4n) is 3.18. The summed E-state index contributed by atoms with van der Waals surface area (Å²) < 4.78 is 0. The van der Waals surface area contributed by atoms with Gasteiger partial charge in [0.15, 0.2) is 0 Å². The van der Waals surface area contributed by atoms with E-state index in [0.29, 0.717) is 0 Å². The van der Waals surface area contributed by atoms with Crippen LogP contribution >= 0.6 is 0 Å². The Kier molecular flexibility index (Phi) is 4.44. The average molecular weight is 286 g/mol. The molecule has 1 aromatic heterocycles. The van der Waals surface area contributed by atoms with Crippen molar-refractivity contribution in [1.82, 2.24) is 14.8 Å². The molecule has 0 spiro atoms. The maximum absolute atomic E-state index is 4.87. The monoisotopic (exact) mass is 286 g/mol. The van der Waals surface area contributed by atoms with Crippen molar-refractivity contribution < 1.29 is 0 Å². The van der Waals surface area contributed by atoms with Crippen LogP contribution in [0.5, 0.6) is 0 Å². The van der Waals surface area contributed by atoms with E-state index in [2.05, 4.69) is 46.5 Å². The highest BCUT2D eigenvalue weighted by molar-refractivity contribution is 5.60. The van der Waals surface area contributed by atoms with Crippen molar-refractivity contribution in [3.63, 3.8) is 0 Å². The van der Waals surface area contributed by atoms with E-state index in [4.69, 9.17) is 4.98 Å². The van der Waals surface area contributed by atoms with Gasteiger partial charge in [-0.05, 0) is 45.0 Å². The molecule has 0 N–H and O–H groups in total. The zero-order valence-electron chi connectivity index (χ0n) is 13.1. The topological polar surface area (TPSA) is 22.6 Å². The number of nitrogens with zero attached hydrogens (tertiary/aromatic N) is 4. The van der Waals surface area contributed by atoms with Gasteiger partial charge in [-0.3, -0.25) is 0 Å². The average Bonchev–Trinajstić information content (AvgIpc) is 2.96. The molecule has 114 valence electrons. The number of anilines is 1. The summed E-state index contributed by atoms with van der Waals surface area (Å²) >= 11 is 0. The van der Waals surface area contributed by atoms with E-state index in [1.54, 1.807) is 0 Å². The Labute approximate surface area is 128 Å². The van der Waals surface area contributed by atoms with E-state index in [1.807, 2.05) is 0 Å². The van der Waals surface area contributed by atoms with Gasteiger partial charge in [-0.15, -0.1) is 0 Å². The highest BCUT2D eigenvalue weighted by Gasteiger charge is 2.17. The summed E-state index contributed by atoms with van der Waals surface area (Å²) in [6.45, 7) is 10.9. The van der Waals surface area contributed by atoms with Gasteiger partial charge >= 0.3 is 0 Å². The van der Waals surface area contributed by atoms with Crippen LogP contribution in [0.3, 0.4) is 0 Å². The van der Waals surface area contributed by atoms with E-state index in [1.165, 1.54) is 25.8 Å². The van der Waals surface area contributed by atoms with Crippen molar-refractivity contribution in [2.24, 2.45) is 0 Å². The van der Waals surface area contributed by atoms with Crippen molar-refractivity contribution in [1.29, 1.82) is 0 Å². The minimum absolute atomic E-state index is 1.03. The lowest BCUT2D eigenvalue weighted by Crippen LogP contribution is -2.29. The normalized spacial score (nSPS) is 20.6. The smallest absolute Gasteiger partial charge is 0.129 e. The summed E-state index contributed by atoms with van der Waals surface area (Å²) in [4.78, 5) is 12.0. The van der Waals surface area contributed by atoms with Crippen molar-refractivity contribution in [3.05, 3.63) is 30.5 Å². The first-order valence-electron chi connectivity index (χ1n) is 8.09. The Bertz CT molecular complexity index is 493. The second-order valence-electron chi connectivity index (χ2n) is 6.17. The molecule has 0 saturated carbocycles. The second kappa shape index (κ2) is 6.48. The molecule has 3 heterocycles. The highest BCUT2D eigenvalue weighted by Crippen LogP contribution is 2.23. The first-order chi connectivity index (χ1) is 10.2. The number of aromatic nitrogens is 1. The molecule has 1 aromatic rings. The number of pyridine rings is 1. The number of likely N-dealkylation sites (tertiary alicyclic amines) is 1. The maximum Gasteiger partial charge on any atom is 0.129 e. The van der Waals surface area contributed by atoms with Crippen molar-refractivity contribution in [2.75, 3.05) is 51.2 Å². The van der Waals surface area contributed by atoms with E-state index in [9.17, 15) is 0 Å². The Morgan fingerprint density at radius 3 is 2.62 bits per heavy atom. The summed E-state index contributed by atoms with van der Waals surface area (Å²) in [5.74, 6) is 1.10. The molecule has 2 aliphatic rings. The standard InChI is InChI=1S/C17H26N4/c1-15(20-10-3-4-11-20)16-7-5-8-17(18-16)21-12-6-9-19(2)13-14-21/h5,7-8H,1,3-4,6,9-14H2,2H3. The zero-order chi connectivity index (χ0) is 14.7. The predicted molar refractivity (Wildman–Crippen MR) is 88.4 cm³/mol. The molecule has 4 nitrogen and oxygen atoms in total. The Balaban J connectivity index is 1.74. The summed E-state index contributed by atoms with van der Waals surface area (Å²) in [5.41, 5.74) is 2.12. The maximum atomic E-state index is 4.87. The first-order valence-corrected chi connectivity index (χ1v) is 8.09. The first kappa shape index (κ1) is 14.4. The van der Waals surface area contributed by atoms with E-state index >= 15 is 0 Å². The van der Waals surface area contributed by atoms with E-state index in [-0.39, 0.29) is 0 Å². The minimum atomic E-state index is 1.03. The largest absolute Gasteiger partial charge is 0.370 e. The van der Waals surface area contributed by atoms with Gasteiger partial charge in [-0.2, -0.15) is 0 Å². The molecule has 0 atom stereocenters. The molecule has 0 aromatic carbocycles. The van der Waals surface area contributed by atoms with Crippen LogP contribution in [0.1, 0.15) is 25.0 Å². The molecular weight excluding hydrogens is 260 g/mol. The molecule has 0 bridgehead atoms. The van der Waals surface area contributed by atoms with Crippen molar-refractivity contribution in [2.45, 2.75) is 19.3 Å². The van der Waals surface area contributed by atoms with Crippen LogP contribution in [-0.2, 0) is 0 Å². The van der Waals surface area contributed by atoms with Gasteiger partial charge in [-0.25, -0.2) is 4.98 Å². The summed E-state index contributed by atoms with van der Waals surface area (Å²) in [6, 6.07) is 6.34. The van der Waals surface area contributed by atoms with Crippen LogP contribution in [0, 0.1) is 0 Å². The zero-order valence-corrected chi connectivity index (χ0v) is 13.1. The molecule has 2 saturated heterocycles. The van der Waals surface area contributed by atoms with Crippen LogP contribution in [-0.4, -0.2) is 61.1 Å². The van der Waals surface area contributed by atoms with Gasteiger partial charge in [0.05, 0.1) is 11.4 Å². The molecule has 0 aliphatic carbocycles. The molecule has 0 radical (unpaired) electrons. The quantitative estimate of drug-likeness (QED) is 0.850. The molecule has 21 heavy (non-hydrogen) atoms. The molecule has 4 heteroatoms. The number of hydrogen-bond acceptors (Lipinski definition) is 4. The SMILES string of the molecule is C=C(c1cccc(N2CCCN(C)CC2)n1)N1CCCC1. The van der Waals surface area contributed by atoms with E-state index in [0.717, 1.165) is 49.9 Å². The minimum Gasteiger partial charge on any atom is -0.370 e. The van der Waals surface area contributed by atoms with E-state index < -0.39 is 0 Å². The number of likely N-dealkylation sites (N-methyl/N-ethyl adjacent to an activating group) is 1. The van der Waals surface area contributed by atoms with Gasteiger partial charge in [0.25, 0.3) is 0 Å². The van der Waals surface area contributed by atoms with Crippen molar-refractivity contribution in [3.8, 4) is 0 Å². The Hall–Kier alpha value is -1.55. The van der Waals surface area contributed by atoms with Gasteiger partial charge in [-0.1, -0.05) is 12.6 Å². The summed E-state index contributed by atoms with van der Waals surface area (Å²) in [6.07, 6.45) is 3.75. The van der Waals surface area contributed by atoms with Gasteiger partial charge in [0.1, 0.15) is 5.82 Å². The third-order valence-corrected chi connectivity index (χ3v) is 4.56. The summed E-state index contributed by atoms with van der Waals surface area (Å²) in [5, 5.41) is 0. The summed E-state index contributed by atoms with van der Waals surface area (Å²) in [7, 11) is 2.20. The number of rotatable bonds is 3. The fraction of sp³-hybridized carbons (Fsp3) is 0.588. The molecule has 2 aliphatic heterocycles. The Morgan fingerprint density at radius 2 is 1.81 bits per heavy atom. The van der Waals surface area contributed by atoms with Crippen molar-refractivity contribution >= 4 is 11.5 Å². The second-order valence-corrected chi connectivity index (χ2v) is 6.17. The molecular formula is C17H26N4. The molecule has 0 amide bonds. The predicted octanol–water partition coefficient (Wildman–Crippen LogP) is 2.29. The van der Waals surface area contributed by atoms with Gasteiger partial charge in [0, 0.05) is 32.7 Å². The van der Waals surface area contributed by atoms with Gasteiger partial charge < -0.3 is 14.7 Å². The lowest BCUT2D eigenvalue weighted by Gasteiger charge is -2.24. The van der Waals surface area contributed by atoms with Crippen LogP contribution in [0.4, 0.5) is 5.82 Å². The van der Waals surface area contributed by atoms with Crippen LogP contribution in [0.2, 0.25) is 0 Å². The van der Waals surface area contributed by atoms with Gasteiger partial charge in [0.2, 0.25) is 0 Å². The Morgan fingerprint density at radius 1 is 1.00 bits per heavy atom. The third-order valence-electron chi connectivity index (χ3n) is 4.56. The van der Waals surface area contributed by atoms with Crippen LogP contribution < -0.4 is 4.90 Å².